The van der Waals surface area contributed by atoms with Crippen LogP contribution in [0.2, 0.25) is 0 Å². The van der Waals surface area contributed by atoms with E-state index in [9.17, 15) is 5.11 Å². The largest absolute Gasteiger partial charge is 0.494 e. The van der Waals surface area contributed by atoms with Crippen LogP contribution in [-0.2, 0) is 0 Å². The Morgan fingerprint density at radius 2 is 2.06 bits per heavy atom. The lowest BCUT2D eigenvalue weighted by atomic mass is 10.1. The first-order valence-electron chi connectivity index (χ1n) is 6.43. The second-order valence-corrected chi connectivity index (χ2v) is 4.59. The molecule has 2 N–H and O–H groups in total. The van der Waals surface area contributed by atoms with Gasteiger partial charge in [0.1, 0.15) is 5.75 Å². The Balaban J connectivity index is 1.94. The van der Waals surface area contributed by atoms with Gasteiger partial charge in [0.2, 0.25) is 0 Å². The van der Waals surface area contributed by atoms with Crippen LogP contribution in [-0.4, -0.2) is 24.4 Å². The second-order valence-electron chi connectivity index (χ2n) is 4.59. The third-order valence-electron chi connectivity index (χ3n) is 2.95. The summed E-state index contributed by atoms with van der Waals surface area (Å²) in [4.78, 5) is 0. The lowest BCUT2D eigenvalue weighted by molar-refractivity contribution is 0.243. The second kappa shape index (κ2) is 6.03. The van der Waals surface area contributed by atoms with Gasteiger partial charge in [-0.3, -0.25) is 0 Å². The first-order chi connectivity index (χ1) is 8.33. The average molecular weight is 235 g/mol. The lowest BCUT2D eigenvalue weighted by Crippen LogP contribution is -2.26. The maximum absolute atomic E-state index is 9.37. The molecular weight excluding hydrogens is 214 g/mol. The molecule has 0 bridgehead atoms. The highest BCUT2D eigenvalue weighted by molar-refractivity contribution is 5.29. The van der Waals surface area contributed by atoms with E-state index in [2.05, 4.69) is 12.2 Å². The van der Waals surface area contributed by atoms with Crippen LogP contribution in [0.25, 0.3) is 0 Å². The van der Waals surface area contributed by atoms with E-state index in [1.54, 1.807) is 0 Å². The summed E-state index contributed by atoms with van der Waals surface area (Å²) in [6.07, 6.45) is 3.48. The van der Waals surface area contributed by atoms with Crippen molar-refractivity contribution < 1.29 is 9.84 Å². The summed E-state index contributed by atoms with van der Waals surface area (Å²) in [5.41, 5.74) is 1.13. The van der Waals surface area contributed by atoms with Gasteiger partial charge in [0.25, 0.3) is 0 Å². The molecule has 1 fully saturated rings. The molecule has 3 heteroatoms. The molecule has 1 aromatic carbocycles. The Morgan fingerprint density at radius 1 is 1.35 bits per heavy atom. The molecule has 1 atom stereocenters. The summed E-state index contributed by atoms with van der Waals surface area (Å²) in [7, 11) is 0. The van der Waals surface area contributed by atoms with Crippen LogP contribution in [0.15, 0.2) is 24.3 Å². The van der Waals surface area contributed by atoms with E-state index in [1.165, 1.54) is 12.8 Å². The quantitative estimate of drug-likeness (QED) is 0.761. The van der Waals surface area contributed by atoms with E-state index >= 15 is 0 Å². The van der Waals surface area contributed by atoms with E-state index in [4.69, 9.17) is 4.74 Å². The smallest absolute Gasteiger partial charge is 0.119 e. The van der Waals surface area contributed by atoms with Crippen LogP contribution in [0, 0.1) is 0 Å². The third-order valence-corrected chi connectivity index (χ3v) is 2.95. The topological polar surface area (TPSA) is 41.5 Å². The zero-order valence-corrected chi connectivity index (χ0v) is 10.4. The molecule has 3 nitrogen and oxygen atoms in total. The summed E-state index contributed by atoms with van der Waals surface area (Å²) < 4.78 is 5.53. The van der Waals surface area contributed by atoms with Gasteiger partial charge in [-0.1, -0.05) is 19.1 Å². The Labute approximate surface area is 103 Å². The number of aliphatic hydroxyl groups excluding tert-OH is 1. The van der Waals surface area contributed by atoms with Gasteiger partial charge in [0, 0.05) is 6.04 Å². The lowest BCUT2D eigenvalue weighted by Gasteiger charge is -2.16. The van der Waals surface area contributed by atoms with Gasteiger partial charge in [-0.05, 0) is 37.0 Å². The first kappa shape index (κ1) is 12.4. The first-order valence-corrected chi connectivity index (χ1v) is 6.43. The molecule has 1 aliphatic rings. The molecule has 0 aromatic heterocycles. The fourth-order valence-electron chi connectivity index (χ4n) is 1.81. The molecule has 0 aliphatic heterocycles. The zero-order valence-electron chi connectivity index (χ0n) is 10.4. The fourth-order valence-corrected chi connectivity index (χ4v) is 1.81. The standard InChI is InChI=1S/C14H21NO2/c1-2-9-17-13-7-3-11(4-8-13)14(10-16)15-12-5-6-12/h3-4,7-8,12,14-16H,2,5-6,9-10H2,1H3. The third kappa shape index (κ3) is 3.72. The highest BCUT2D eigenvalue weighted by Gasteiger charge is 2.24. The molecule has 1 saturated carbocycles. The number of rotatable bonds is 7. The molecule has 2 rings (SSSR count). The minimum atomic E-state index is 0.0581. The Hall–Kier alpha value is -1.06. The summed E-state index contributed by atoms with van der Waals surface area (Å²) >= 11 is 0. The van der Waals surface area contributed by atoms with Crippen molar-refractivity contribution in [2.45, 2.75) is 38.3 Å². The van der Waals surface area contributed by atoms with Crippen LogP contribution in [0.3, 0.4) is 0 Å². The van der Waals surface area contributed by atoms with Crippen molar-refractivity contribution in [1.29, 1.82) is 0 Å². The molecule has 0 spiro atoms. The van der Waals surface area contributed by atoms with Crippen molar-refractivity contribution in [2.75, 3.05) is 13.2 Å². The van der Waals surface area contributed by atoms with Crippen LogP contribution >= 0.6 is 0 Å². The molecular formula is C14H21NO2. The fraction of sp³-hybridized carbons (Fsp3) is 0.571. The van der Waals surface area contributed by atoms with Crippen LogP contribution < -0.4 is 10.1 Å². The molecule has 0 amide bonds. The predicted molar refractivity (Wildman–Crippen MR) is 68.2 cm³/mol. The van der Waals surface area contributed by atoms with Gasteiger partial charge >= 0.3 is 0 Å². The van der Waals surface area contributed by atoms with Crippen LogP contribution in [0.5, 0.6) is 5.75 Å². The number of nitrogens with one attached hydrogen (secondary N) is 1. The van der Waals surface area contributed by atoms with Crippen molar-refractivity contribution >= 4 is 0 Å². The SMILES string of the molecule is CCCOc1ccc(C(CO)NC2CC2)cc1. The Morgan fingerprint density at radius 3 is 2.59 bits per heavy atom. The Bertz CT molecular complexity index is 333. The van der Waals surface area contributed by atoms with Gasteiger partial charge < -0.3 is 15.2 Å². The molecule has 1 unspecified atom stereocenters. The summed E-state index contributed by atoms with van der Waals surface area (Å²) in [5, 5.41) is 12.8. The molecule has 17 heavy (non-hydrogen) atoms. The minimum Gasteiger partial charge on any atom is -0.494 e. The summed E-state index contributed by atoms with van der Waals surface area (Å²) in [6, 6.07) is 8.67. The predicted octanol–water partition coefficient (Wildman–Crippen LogP) is 2.26. The maximum atomic E-state index is 9.37. The average Bonchev–Trinajstić information content (AvgIpc) is 3.18. The van der Waals surface area contributed by atoms with Crippen molar-refractivity contribution in [3.8, 4) is 5.75 Å². The Kier molecular flexibility index (Phi) is 4.40. The van der Waals surface area contributed by atoms with E-state index in [1.807, 2.05) is 24.3 Å². The van der Waals surface area contributed by atoms with Gasteiger partial charge in [-0.2, -0.15) is 0 Å². The van der Waals surface area contributed by atoms with Gasteiger partial charge in [0.15, 0.2) is 0 Å². The van der Waals surface area contributed by atoms with Crippen molar-refractivity contribution in [1.82, 2.24) is 5.32 Å². The molecule has 0 radical (unpaired) electrons. The van der Waals surface area contributed by atoms with Gasteiger partial charge in [-0.25, -0.2) is 0 Å². The van der Waals surface area contributed by atoms with Crippen molar-refractivity contribution in [2.24, 2.45) is 0 Å². The normalized spacial score (nSPS) is 16.8. The van der Waals surface area contributed by atoms with E-state index in [0.29, 0.717) is 6.04 Å². The van der Waals surface area contributed by atoms with E-state index in [0.717, 1.165) is 24.3 Å². The molecule has 1 aromatic rings. The highest BCUT2D eigenvalue weighted by Crippen LogP contribution is 2.25. The number of hydrogen-bond donors (Lipinski definition) is 2. The maximum Gasteiger partial charge on any atom is 0.119 e. The minimum absolute atomic E-state index is 0.0581. The molecule has 0 saturated heterocycles. The van der Waals surface area contributed by atoms with Gasteiger partial charge in [0.05, 0.1) is 19.3 Å². The molecule has 1 aliphatic carbocycles. The summed E-state index contributed by atoms with van der Waals surface area (Å²) in [6.45, 7) is 2.99. The molecule has 0 heterocycles. The number of ether oxygens (including phenoxy) is 1. The van der Waals surface area contributed by atoms with Crippen LogP contribution in [0.1, 0.15) is 37.8 Å². The zero-order chi connectivity index (χ0) is 12.1. The molecule has 94 valence electrons. The number of aliphatic hydroxyl groups is 1. The van der Waals surface area contributed by atoms with Crippen molar-refractivity contribution in [3.63, 3.8) is 0 Å². The van der Waals surface area contributed by atoms with Crippen LogP contribution in [0.4, 0.5) is 0 Å². The van der Waals surface area contributed by atoms with Gasteiger partial charge in [-0.15, -0.1) is 0 Å². The highest BCUT2D eigenvalue weighted by atomic mass is 16.5. The van der Waals surface area contributed by atoms with E-state index < -0.39 is 0 Å². The number of benzene rings is 1. The summed E-state index contributed by atoms with van der Waals surface area (Å²) in [5.74, 6) is 0.902. The number of hydrogen-bond acceptors (Lipinski definition) is 3. The van der Waals surface area contributed by atoms with Crippen molar-refractivity contribution in [3.05, 3.63) is 29.8 Å². The monoisotopic (exact) mass is 235 g/mol. The van der Waals surface area contributed by atoms with E-state index in [-0.39, 0.29) is 12.6 Å².